The molecule has 1 N–H and O–H groups in total. The summed E-state index contributed by atoms with van der Waals surface area (Å²) >= 11 is 6.75. The maximum absolute atomic E-state index is 13.3. The normalized spacial score (nSPS) is 14.8. The molecule has 0 saturated heterocycles. The topological polar surface area (TPSA) is 54.9 Å². The smallest absolute Gasteiger partial charge is 0.297 e. The van der Waals surface area contributed by atoms with Crippen LogP contribution in [0, 0.1) is 12.8 Å². The first-order chi connectivity index (χ1) is 11.7. The first-order valence-corrected chi connectivity index (χ1v) is 8.90. The molecule has 1 aliphatic rings. The van der Waals surface area contributed by atoms with Gasteiger partial charge in [0.2, 0.25) is 0 Å². The van der Waals surface area contributed by atoms with Gasteiger partial charge in [0.25, 0.3) is 5.43 Å². The monoisotopic (exact) mass is 390 g/mol. The van der Waals surface area contributed by atoms with Gasteiger partial charge >= 0.3 is 11.7 Å². The van der Waals surface area contributed by atoms with Gasteiger partial charge < -0.3 is 0 Å². The molecule has 1 saturated carbocycles. The zero-order valence-corrected chi connectivity index (χ0v) is 14.7. The van der Waals surface area contributed by atoms with Crippen molar-refractivity contribution in [3.63, 3.8) is 0 Å². The third kappa shape index (κ3) is 3.64. The standard InChI is InChI=1S/C16H14ClF3N2O2S/c1-8-12(22-15(24)13(23)11(17)6-21-22)5-4-10(16(18,19)20)14(8)25-7-9-2-3-9/h4-6,9,21H,2-3,7H2,1H3. The summed E-state index contributed by atoms with van der Waals surface area (Å²) in [5.74, 6) is 1.03. The summed E-state index contributed by atoms with van der Waals surface area (Å²) in [7, 11) is 0. The molecule has 0 spiro atoms. The Hall–Kier alpha value is -1.67. The van der Waals surface area contributed by atoms with Crippen LogP contribution in [-0.2, 0) is 6.18 Å². The number of hydrogen-bond donors (Lipinski definition) is 1. The number of aromatic amines is 1. The van der Waals surface area contributed by atoms with Crippen LogP contribution in [0.15, 0.2) is 32.8 Å². The number of hydrogen-bond acceptors (Lipinski definition) is 3. The van der Waals surface area contributed by atoms with Gasteiger partial charge in [-0.15, -0.1) is 11.8 Å². The second-order valence-corrected chi connectivity index (χ2v) is 7.37. The molecule has 1 aliphatic carbocycles. The van der Waals surface area contributed by atoms with Crippen molar-refractivity contribution in [1.82, 2.24) is 9.78 Å². The lowest BCUT2D eigenvalue weighted by molar-refractivity contribution is -0.139. The lowest BCUT2D eigenvalue weighted by atomic mass is 10.1. The van der Waals surface area contributed by atoms with E-state index >= 15 is 0 Å². The van der Waals surface area contributed by atoms with Gasteiger partial charge in [-0.1, -0.05) is 11.6 Å². The molecule has 25 heavy (non-hydrogen) atoms. The molecule has 3 rings (SSSR count). The highest BCUT2D eigenvalue weighted by atomic mass is 35.5. The number of nitrogens with zero attached hydrogens (tertiary/aromatic N) is 1. The second kappa shape index (κ2) is 6.57. The van der Waals surface area contributed by atoms with Crippen molar-refractivity contribution < 1.29 is 13.2 Å². The van der Waals surface area contributed by atoms with E-state index in [2.05, 4.69) is 5.10 Å². The average Bonchev–Trinajstić information content (AvgIpc) is 3.35. The summed E-state index contributed by atoms with van der Waals surface area (Å²) in [5, 5.41) is 2.28. The molecule has 0 atom stereocenters. The van der Waals surface area contributed by atoms with Crippen molar-refractivity contribution >= 4 is 23.4 Å². The third-order valence-electron chi connectivity index (χ3n) is 4.02. The van der Waals surface area contributed by atoms with Crippen molar-refractivity contribution in [2.75, 3.05) is 5.75 Å². The van der Waals surface area contributed by atoms with Crippen molar-refractivity contribution in [3.8, 4) is 5.69 Å². The van der Waals surface area contributed by atoms with Gasteiger partial charge in [-0.2, -0.15) is 13.2 Å². The number of halogens is 4. The summed E-state index contributed by atoms with van der Waals surface area (Å²) in [6, 6.07) is 2.13. The predicted molar refractivity (Wildman–Crippen MR) is 90.9 cm³/mol. The maximum atomic E-state index is 13.3. The highest BCUT2D eigenvalue weighted by molar-refractivity contribution is 7.99. The van der Waals surface area contributed by atoms with Gasteiger partial charge in [-0.3, -0.25) is 14.7 Å². The number of alkyl halides is 3. The lowest BCUT2D eigenvalue weighted by Crippen LogP contribution is -2.35. The third-order valence-corrected chi connectivity index (χ3v) is 5.75. The molecule has 134 valence electrons. The van der Waals surface area contributed by atoms with E-state index in [1.54, 1.807) is 0 Å². The van der Waals surface area contributed by atoms with Crippen LogP contribution in [0.5, 0.6) is 0 Å². The Morgan fingerprint density at radius 2 is 2.00 bits per heavy atom. The number of aromatic nitrogens is 2. The summed E-state index contributed by atoms with van der Waals surface area (Å²) in [6.07, 6.45) is -1.30. The van der Waals surface area contributed by atoms with Crippen LogP contribution in [-0.4, -0.2) is 15.5 Å². The summed E-state index contributed by atoms with van der Waals surface area (Å²) in [5.41, 5.74) is -2.09. The molecule has 0 aliphatic heterocycles. The number of rotatable bonds is 4. The minimum absolute atomic E-state index is 0.0830. The molecule has 1 aromatic carbocycles. The zero-order chi connectivity index (χ0) is 18.4. The quantitative estimate of drug-likeness (QED) is 0.634. The molecule has 2 aromatic rings. The van der Waals surface area contributed by atoms with E-state index in [1.807, 2.05) is 0 Å². The van der Waals surface area contributed by atoms with E-state index in [4.69, 9.17) is 11.6 Å². The highest BCUT2D eigenvalue weighted by Crippen LogP contribution is 2.43. The van der Waals surface area contributed by atoms with Crippen molar-refractivity contribution in [2.45, 2.75) is 30.8 Å². The summed E-state index contributed by atoms with van der Waals surface area (Å²) in [6.45, 7) is 1.51. The Labute approximate surface area is 150 Å². The van der Waals surface area contributed by atoms with Crippen LogP contribution in [0.2, 0.25) is 5.02 Å². The lowest BCUT2D eigenvalue weighted by Gasteiger charge is -2.18. The van der Waals surface area contributed by atoms with Crippen LogP contribution >= 0.6 is 23.4 Å². The average molecular weight is 391 g/mol. The Kier molecular flexibility index (Phi) is 4.76. The van der Waals surface area contributed by atoms with Crippen molar-refractivity contribution in [1.29, 1.82) is 0 Å². The Morgan fingerprint density at radius 3 is 2.60 bits per heavy atom. The fraction of sp³-hybridized carbons (Fsp3) is 0.375. The molecule has 0 unspecified atom stereocenters. The molecule has 0 radical (unpaired) electrons. The summed E-state index contributed by atoms with van der Waals surface area (Å²) < 4.78 is 40.9. The Morgan fingerprint density at radius 1 is 1.32 bits per heavy atom. The van der Waals surface area contributed by atoms with E-state index in [-0.39, 0.29) is 15.6 Å². The minimum Gasteiger partial charge on any atom is -0.297 e. The van der Waals surface area contributed by atoms with Crippen molar-refractivity contribution in [3.05, 3.63) is 55.1 Å². The number of H-pyrrole nitrogens is 1. The molecule has 0 amide bonds. The van der Waals surface area contributed by atoms with Crippen LogP contribution in [0.4, 0.5) is 13.2 Å². The molecule has 1 fully saturated rings. The van der Waals surface area contributed by atoms with Crippen LogP contribution < -0.4 is 11.0 Å². The molecule has 1 aromatic heterocycles. The van der Waals surface area contributed by atoms with Gasteiger partial charge in [0.1, 0.15) is 5.02 Å². The van der Waals surface area contributed by atoms with Gasteiger partial charge in [-0.05, 0) is 43.4 Å². The minimum atomic E-state index is -4.49. The van der Waals surface area contributed by atoms with Crippen LogP contribution in [0.25, 0.3) is 5.69 Å². The fourth-order valence-corrected chi connectivity index (χ4v) is 3.97. The SMILES string of the molecule is Cc1c(-n2[nH]cc(Cl)c(=O)c2=O)ccc(C(F)(F)F)c1SCC1CC1. The molecule has 0 bridgehead atoms. The molecular weight excluding hydrogens is 377 g/mol. The number of benzene rings is 1. The molecule has 4 nitrogen and oxygen atoms in total. The van der Waals surface area contributed by atoms with Gasteiger partial charge in [0.05, 0.1) is 11.3 Å². The van der Waals surface area contributed by atoms with E-state index in [0.717, 1.165) is 41.5 Å². The fourth-order valence-electron chi connectivity index (χ4n) is 2.45. The first-order valence-electron chi connectivity index (χ1n) is 7.54. The summed E-state index contributed by atoms with van der Waals surface area (Å²) in [4.78, 5) is 23.9. The molecular formula is C16H14ClF3N2O2S. The highest BCUT2D eigenvalue weighted by Gasteiger charge is 2.35. The van der Waals surface area contributed by atoms with Gasteiger partial charge in [-0.25, -0.2) is 4.68 Å². The molecule has 9 heteroatoms. The largest absolute Gasteiger partial charge is 0.417 e. The second-order valence-electron chi connectivity index (χ2n) is 5.93. The van der Waals surface area contributed by atoms with Crippen LogP contribution in [0.1, 0.15) is 24.0 Å². The van der Waals surface area contributed by atoms with E-state index in [1.165, 1.54) is 13.0 Å². The number of nitrogens with one attached hydrogen (secondary N) is 1. The van der Waals surface area contributed by atoms with Gasteiger partial charge in [0, 0.05) is 16.8 Å². The zero-order valence-electron chi connectivity index (χ0n) is 13.1. The number of thioether (sulfide) groups is 1. The van der Waals surface area contributed by atoms with Gasteiger partial charge in [0.15, 0.2) is 0 Å². The Bertz CT molecular complexity index is 932. The van der Waals surface area contributed by atoms with E-state index in [9.17, 15) is 22.8 Å². The first kappa shape index (κ1) is 18.1. The molecule has 1 heterocycles. The van der Waals surface area contributed by atoms with E-state index in [0.29, 0.717) is 17.2 Å². The van der Waals surface area contributed by atoms with Crippen LogP contribution in [0.3, 0.4) is 0 Å². The van der Waals surface area contributed by atoms with E-state index < -0.39 is 22.7 Å². The van der Waals surface area contributed by atoms with Crippen molar-refractivity contribution in [2.24, 2.45) is 5.92 Å². The maximum Gasteiger partial charge on any atom is 0.417 e. The Balaban J connectivity index is 2.15. The predicted octanol–water partition coefficient (Wildman–Crippen LogP) is 4.01.